The van der Waals surface area contributed by atoms with Crippen LogP contribution in [0.2, 0.25) is 0 Å². The highest BCUT2D eigenvalue weighted by Crippen LogP contribution is 2.46. The van der Waals surface area contributed by atoms with Gasteiger partial charge in [-0.1, -0.05) is 49.4 Å². The van der Waals surface area contributed by atoms with Crippen molar-refractivity contribution in [3.8, 4) is 5.69 Å². The first-order valence-electron chi connectivity index (χ1n) is 9.86. The number of benzene rings is 2. The molecule has 140 valence electrons. The third-order valence-electron chi connectivity index (χ3n) is 5.59. The highest BCUT2D eigenvalue weighted by molar-refractivity contribution is 5.87. The van der Waals surface area contributed by atoms with Crippen LogP contribution in [0, 0.1) is 5.92 Å². The van der Waals surface area contributed by atoms with E-state index < -0.39 is 0 Å². The maximum Gasteiger partial charge on any atom is 0.168 e. The Morgan fingerprint density at radius 2 is 1.82 bits per heavy atom. The van der Waals surface area contributed by atoms with Gasteiger partial charge in [0.1, 0.15) is 12.1 Å². The number of rotatable bonds is 6. The number of nitrogens with one attached hydrogen (secondary N) is 1. The molecule has 2 atom stereocenters. The molecule has 5 rings (SSSR count). The van der Waals surface area contributed by atoms with Gasteiger partial charge in [0.2, 0.25) is 0 Å². The number of hydrogen-bond acceptors (Lipinski definition) is 4. The lowest BCUT2D eigenvalue weighted by Gasteiger charge is -2.07. The first-order chi connectivity index (χ1) is 13.8. The van der Waals surface area contributed by atoms with E-state index >= 15 is 0 Å². The van der Waals surface area contributed by atoms with Gasteiger partial charge >= 0.3 is 0 Å². The number of anilines is 1. The first-order valence-corrected chi connectivity index (χ1v) is 9.86. The molecular weight excluding hydrogens is 346 g/mol. The third-order valence-corrected chi connectivity index (χ3v) is 5.59. The van der Waals surface area contributed by atoms with Crippen LogP contribution in [0.15, 0.2) is 67.1 Å². The van der Waals surface area contributed by atoms with E-state index in [-0.39, 0.29) is 0 Å². The number of aromatic nitrogens is 4. The Labute approximate surface area is 164 Å². The van der Waals surface area contributed by atoms with Gasteiger partial charge in [-0.05, 0) is 47.9 Å². The molecule has 2 aromatic carbocycles. The minimum absolute atomic E-state index is 0.728. The summed E-state index contributed by atoms with van der Waals surface area (Å²) in [6.45, 7) is 3.12. The summed E-state index contributed by atoms with van der Waals surface area (Å²) in [5.41, 5.74) is 4.58. The molecular formula is C23H23N5. The molecule has 28 heavy (non-hydrogen) atoms. The molecule has 1 aliphatic rings. The van der Waals surface area contributed by atoms with Gasteiger partial charge in [0, 0.05) is 6.54 Å². The van der Waals surface area contributed by atoms with Crippen LogP contribution in [0.4, 0.5) is 5.82 Å². The topological polar surface area (TPSA) is 55.6 Å². The zero-order valence-electron chi connectivity index (χ0n) is 15.9. The second-order valence-corrected chi connectivity index (χ2v) is 7.59. The van der Waals surface area contributed by atoms with Gasteiger partial charge < -0.3 is 5.32 Å². The van der Waals surface area contributed by atoms with E-state index in [1.807, 2.05) is 16.9 Å². The number of fused-ring (bicyclic) bond motifs is 1. The molecule has 2 heterocycles. The lowest BCUT2D eigenvalue weighted by molar-refractivity contribution is 0.887. The van der Waals surface area contributed by atoms with Crippen molar-refractivity contribution in [3.63, 3.8) is 0 Å². The van der Waals surface area contributed by atoms with Crippen molar-refractivity contribution < 1.29 is 0 Å². The fourth-order valence-corrected chi connectivity index (χ4v) is 3.79. The maximum atomic E-state index is 4.57. The predicted octanol–water partition coefficient (Wildman–Crippen LogP) is 4.59. The normalized spacial score (nSPS) is 18.3. The molecule has 0 radical (unpaired) electrons. The smallest absolute Gasteiger partial charge is 0.168 e. The van der Waals surface area contributed by atoms with Crippen LogP contribution in [0.25, 0.3) is 16.7 Å². The second-order valence-electron chi connectivity index (χ2n) is 7.59. The van der Waals surface area contributed by atoms with Crippen LogP contribution in [-0.4, -0.2) is 26.3 Å². The zero-order valence-corrected chi connectivity index (χ0v) is 15.9. The van der Waals surface area contributed by atoms with Crippen molar-refractivity contribution in [3.05, 3.63) is 78.2 Å². The highest BCUT2D eigenvalue weighted by Gasteiger charge is 2.33. The Morgan fingerprint density at radius 3 is 2.57 bits per heavy atom. The molecule has 1 saturated carbocycles. The summed E-state index contributed by atoms with van der Waals surface area (Å²) in [6.07, 6.45) is 5.69. The molecule has 5 nitrogen and oxygen atoms in total. The molecule has 0 spiro atoms. The largest absolute Gasteiger partial charge is 0.369 e. The van der Waals surface area contributed by atoms with Crippen molar-refractivity contribution in [2.24, 2.45) is 5.92 Å². The van der Waals surface area contributed by atoms with Gasteiger partial charge in [-0.3, -0.25) is 0 Å². The quantitative estimate of drug-likeness (QED) is 0.540. The minimum Gasteiger partial charge on any atom is -0.369 e. The third kappa shape index (κ3) is 3.24. The predicted molar refractivity (Wildman–Crippen MR) is 112 cm³/mol. The fourth-order valence-electron chi connectivity index (χ4n) is 3.79. The van der Waals surface area contributed by atoms with Crippen LogP contribution in [0.1, 0.15) is 30.4 Å². The van der Waals surface area contributed by atoms with E-state index in [0.29, 0.717) is 0 Å². The molecule has 0 amide bonds. The van der Waals surface area contributed by atoms with E-state index in [4.69, 9.17) is 0 Å². The monoisotopic (exact) mass is 369 g/mol. The molecule has 5 heteroatoms. The van der Waals surface area contributed by atoms with Crippen LogP contribution in [-0.2, 0) is 6.42 Å². The summed E-state index contributed by atoms with van der Waals surface area (Å²) in [5, 5.41) is 8.95. The lowest BCUT2D eigenvalue weighted by Crippen LogP contribution is -2.07. The average molecular weight is 369 g/mol. The Hall–Kier alpha value is -3.21. The van der Waals surface area contributed by atoms with Crippen molar-refractivity contribution in [2.75, 3.05) is 11.9 Å². The molecule has 2 aromatic heterocycles. The van der Waals surface area contributed by atoms with Crippen molar-refractivity contribution >= 4 is 16.9 Å². The number of nitrogens with zero attached hydrogens (tertiary/aromatic N) is 4. The first kappa shape index (κ1) is 16.9. The van der Waals surface area contributed by atoms with Gasteiger partial charge in [0.25, 0.3) is 0 Å². The van der Waals surface area contributed by atoms with E-state index in [2.05, 4.69) is 75.8 Å². The van der Waals surface area contributed by atoms with Gasteiger partial charge in [-0.25, -0.2) is 14.6 Å². The summed E-state index contributed by atoms with van der Waals surface area (Å²) in [6, 6.07) is 19.2. The van der Waals surface area contributed by atoms with E-state index in [9.17, 15) is 0 Å². The summed E-state index contributed by atoms with van der Waals surface area (Å²) >= 11 is 0. The molecule has 2 unspecified atom stereocenters. The van der Waals surface area contributed by atoms with Gasteiger partial charge in [-0.2, -0.15) is 5.10 Å². The molecule has 0 saturated heterocycles. The van der Waals surface area contributed by atoms with Crippen LogP contribution in [0.3, 0.4) is 0 Å². The molecule has 4 aromatic rings. The number of hydrogen-bond donors (Lipinski definition) is 1. The van der Waals surface area contributed by atoms with Gasteiger partial charge in [-0.15, -0.1) is 0 Å². The van der Waals surface area contributed by atoms with Crippen molar-refractivity contribution in [1.82, 2.24) is 19.7 Å². The van der Waals surface area contributed by atoms with Crippen LogP contribution >= 0.6 is 0 Å². The molecule has 1 fully saturated rings. The lowest BCUT2D eigenvalue weighted by atomic mass is 10.1. The molecule has 1 N–H and O–H groups in total. The summed E-state index contributed by atoms with van der Waals surface area (Å²) in [4.78, 5) is 8.90. The Morgan fingerprint density at radius 1 is 1.04 bits per heavy atom. The fraction of sp³-hybridized carbons (Fsp3) is 0.261. The summed E-state index contributed by atoms with van der Waals surface area (Å²) in [7, 11) is 0. The van der Waals surface area contributed by atoms with Crippen molar-refractivity contribution in [2.45, 2.75) is 25.7 Å². The van der Waals surface area contributed by atoms with E-state index in [1.54, 1.807) is 6.33 Å². The SMILES string of the molecule is CC1CC1c1ccc(-n2ncc3c(NCCc4ccccc4)ncnc32)cc1. The van der Waals surface area contributed by atoms with E-state index in [1.165, 1.54) is 17.5 Å². The minimum atomic E-state index is 0.728. The van der Waals surface area contributed by atoms with E-state index in [0.717, 1.165) is 47.3 Å². The second kappa shape index (κ2) is 7.08. The van der Waals surface area contributed by atoms with Crippen LogP contribution in [0.5, 0.6) is 0 Å². The Balaban J connectivity index is 1.36. The van der Waals surface area contributed by atoms with Gasteiger partial charge in [0.15, 0.2) is 5.65 Å². The Bertz CT molecular complexity index is 1090. The molecule has 0 bridgehead atoms. The average Bonchev–Trinajstić information content (AvgIpc) is 3.31. The van der Waals surface area contributed by atoms with Crippen molar-refractivity contribution in [1.29, 1.82) is 0 Å². The summed E-state index contributed by atoms with van der Waals surface area (Å²) in [5.74, 6) is 2.37. The van der Waals surface area contributed by atoms with Crippen LogP contribution < -0.4 is 5.32 Å². The van der Waals surface area contributed by atoms with Gasteiger partial charge in [0.05, 0.1) is 17.3 Å². The zero-order chi connectivity index (χ0) is 18.9. The Kier molecular flexibility index (Phi) is 4.28. The molecule has 0 aliphatic heterocycles. The molecule has 1 aliphatic carbocycles. The highest BCUT2D eigenvalue weighted by atomic mass is 15.3. The maximum absolute atomic E-state index is 4.57. The standard InChI is InChI=1S/C23H23N5/c1-16-13-20(16)18-7-9-19(10-8-18)28-23-21(14-27-28)22(25-15-26-23)24-12-11-17-5-3-2-4-6-17/h2-10,14-16,20H,11-13H2,1H3,(H,24,25,26). The summed E-state index contributed by atoms with van der Waals surface area (Å²) < 4.78 is 1.89.